The van der Waals surface area contributed by atoms with E-state index in [1.54, 1.807) is 12.1 Å². The Kier molecular flexibility index (Phi) is 4.95. The van der Waals surface area contributed by atoms with Crippen LogP contribution in [0, 0.1) is 0 Å². The zero-order chi connectivity index (χ0) is 12.7. The Morgan fingerprint density at radius 1 is 0.824 bits per heavy atom. The highest BCUT2D eigenvalue weighted by Crippen LogP contribution is 2.18. The van der Waals surface area contributed by atoms with Gasteiger partial charge in [-0.3, -0.25) is 0 Å². The fourth-order valence-corrected chi connectivity index (χ4v) is 1.44. The molecule has 88 valence electrons. The smallest absolute Gasteiger partial charge is 0.335 e. The van der Waals surface area contributed by atoms with Crippen LogP contribution in [0.25, 0.3) is 11.1 Å². The second kappa shape index (κ2) is 6.48. The number of hydrogen-bond acceptors (Lipinski definition) is 1. The fourth-order valence-electron chi connectivity index (χ4n) is 1.44. The molecule has 2 nitrogen and oxygen atoms in total. The number of benzene rings is 2. The fraction of sp³-hybridized carbons (Fsp3) is 0.133. The largest absolute Gasteiger partial charge is 0.478 e. The van der Waals surface area contributed by atoms with E-state index in [1.165, 1.54) is 0 Å². The van der Waals surface area contributed by atoms with Crippen LogP contribution in [0.15, 0.2) is 54.6 Å². The molecule has 0 fully saturated rings. The molecule has 2 aromatic rings. The second-order valence-electron chi connectivity index (χ2n) is 3.25. The van der Waals surface area contributed by atoms with Gasteiger partial charge in [-0.05, 0) is 23.3 Å². The standard InChI is InChI=1S/C13H10O2.C2H6/c14-13(15)12-8-6-11(7-9-12)10-4-2-1-3-5-10;1-2/h1-9H,(H,14,15);1-2H3. The van der Waals surface area contributed by atoms with Gasteiger partial charge in [0.15, 0.2) is 0 Å². The molecule has 0 aliphatic carbocycles. The van der Waals surface area contributed by atoms with Gasteiger partial charge in [0, 0.05) is 0 Å². The Hall–Kier alpha value is -2.09. The Morgan fingerprint density at radius 3 is 1.76 bits per heavy atom. The van der Waals surface area contributed by atoms with Gasteiger partial charge in [-0.15, -0.1) is 0 Å². The summed E-state index contributed by atoms with van der Waals surface area (Å²) in [6, 6.07) is 16.7. The molecule has 0 aromatic heterocycles. The van der Waals surface area contributed by atoms with E-state index in [-0.39, 0.29) is 0 Å². The summed E-state index contributed by atoms with van der Waals surface area (Å²) in [7, 11) is 0. The number of carbonyl (C=O) groups is 1. The van der Waals surface area contributed by atoms with Gasteiger partial charge >= 0.3 is 5.97 Å². The molecule has 0 unspecified atom stereocenters. The first kappa shape index (κ1) is 13.0. The van der Waals surface area contributed by atoms with Crippen LogP contribution in [0.2, 0.25) is 0 Å². The molecule has 0 heterocycles. The summed E-state index contributed by atoms with van der Waals surface area (Å²) in [4.78, 5) is 10.6. The number of carboxylic acids is 1. The van der Waals surface area contributed by atoms with Gasteiger partial charge in [0.2, 0.25) is 0 Å². The average Bonchev–Trinajstić information content (AvgIpc) is 2.42. The average molecular weight is 228 g/mol. The first-order chi connectivity index (χ1) is 8.27. The van der Waals surface area contributed by atoms with Crippen molar-refractivity contribution in [3.05, 3.63) is 60.2 Å². The van der Waals surface area contributed by atoms with Crippen molar-refractivity contribution in [1.82, 2.24) is 0 Å². The molecular formula is C15H16O2. The molecule has 2 aromatic carbocycles. The Morgan fingerprint density at radius 2 is 1.29 bits per heavy atom. The molecule has 0 saturated heterocycles. The van der Waals surface area contributed by atoms with Gasteiger partial charge < -0.3 is 5.11 Å². The highest BCUT2D eigenvalue weighted by atomic mass is 16.4. The Balaban J connectivity index is 0.000000686. The maximum atomic E-state index is 10.6. The van der Waals surface area contributed by atoms with E-state index in [9.17, 15) is 4.79 Å². The number of rotatable bonds is 2. The SMILES string of the molecule is CC.O=C(O)c1ccc(-c2ccccc2)cc1. The predicted molar refractivity (Wildman–Crippen MR) is 70.2 cm³/mol. The molecule has 2 rings (SSSR count). The third-order valence-corrected chi connectivity index (χ3v) is 2.24. The van der Waals surface area contributed by atoms with Crippen molar-refractivity contribution in [2.75, 3.05) is 0 Å². The number of hydrogen-bond donors (Lipinski definition) is 1. The van der Waals surface area contributed by atoms with Crippen LogP contribution in [0.5, 0.6) is 0 Å². The van der Waals surface area contributed by atoms with E-state index >= 15 is 0 Å². The number of aromatic carboxylic acids is 1. The molecular weight excluding hydrogens is 212 g/mol. The summed E-state index contributed by atoms with van der Waals surface area (Å²) >= 11 is 0. The predicted octanol–water partition coefficient (Wildman–Crippen LogP) is 4.08. The van der Waals surface area contributed by atoms with E-state index in [1.807, 2.05) is 56.3 Å². The van der Waals surface area contributed by atoms with Crippen LogP contribution in [-0.4, -0.2) is 11.1 Å². The highest BCUT2D eigenvalue weighted by molar-refractivity contribution is 5.88. The number of carboxylic acid groups (broad SMARTS) is 1. The molecule has 0 radical (unpaired) electrons. The van der Waals surface area contributed by atoms with Crippen molar-refractivity contribution in [2.45, 2.75) is 13.8 Å². The maximum absolute atomic E-state index is 10.6. The van der Waals surface area contributed by atoms with Crippen molar-refractivity contribution in [3.63, 3.8) is 0 Å². The molecule has 0 bridgehead atoms. The van der Waals surface area contributed by atoms with Crippen LogP contribution >= 0.6 is 0 Å². The molecule has 17 heavy (non-hydrogen) atoms. The molecule has 0 aliphatic heterocycles. The Bertz CT molecular complexity index is 458. The van der Waals surface area contributed by atoms with Crippen molar-refractivity contribution in [2.24, 2.45) is 0 Å². The molecule has 0 saturated carbocycles. The van der Waals surface area contributed by atoms with Crippen LogP contribution in [0.4, 0.5) is 0 Å². The zero-order valence-electron chi connectivity index (χ0n) is 10.1. The lowest BCUT2D eigenvalue weighted by atomic mass is 10.0. The van der Waals surface area contributed by atoms with Crippen LogP contribution in [0.1, 0.15) is 24.2 Å². The van der Waals surface area contributed by atoms with Crippen LogP contribution in [-0.2, 0) is 0 Å². The Labute approximate surface area is 102 Å². The van der Waals surface area contributed by atoms with Crippen LogP contribution < -0.4 is 0 Å². The van der Waals surface area contributed by atoms with Gasteiger partial charge in [0.25, 0.3) is 0 Å². The minimum atomic E-state index is -0.894. The molecule has 0 amide bonds. The summed E-state index contributed by atoms with van der Waals surface area (Å²) in [5.41, 5.74) is 2.43. The lowest BCUT2D eigenvalue weighted by Gasteiger charge is -2.01. The zero-order valence-corrected chi connectivity index (χ0v) is 10.1. The summed E-state index contributed by atoms with van der Waals surface area (Å²) in [6.07, 6.45) is 0. The lowest BCUT2D eigenvalue weighted by Crippen LogP contribution is -1.94. The van der Waals surface area contributed by atoms with Crippen LogP contribution in [0.3, 0.4) is 0 Å². The molecule has 0 atom stereocenters. The lowest BCUT2D eigenvalue weighted by molar-refractivity contribution is 0.0697. The van der Waals surface area contributed by atoms with E-state index in [0.29, 0.717) is 5.56 Å². The minimum absolute atomic E-state index is 0.315. The third kappa shape index (κ3) is 3.45. The van der Waals surface area contributed by atoms with Gasteiger partial charge in [0.1, 0.15) is 0 Å². The van der Waals surface area contributed by atoms with E-state index in [4.69, 9.17) is 5.11 Å². The summed E-state index contributed by atoms with van der Waals surface area (Å²) < 4.78 is 0. The molecule has 1 N–H and O–H groups in total. The second-order valence-corrected chi connectivity index (χ2v) is 3.25. The third-order valence-electron chi connectivity index (χ3n) is 2.24. The molecule has 0 spiro atoms. The monoisotopic (exact) mass is 228 g/mol. The van der Waals surface area contributed by atoms with E-state index < -0.39 is 5.97 Å². The van der Waals surface area contributed by atoms with Gasteiger partial charge in [-0.25, -0.2) is 4.79 Å². The van der Waals surface area contributed by atoms with Crippen molar-refractivity contribution >= 4 is 5.97 Å². The quantitative estimate of drug-likeness (QED) is 0.841. The van der Waals surface area contributed by atoms with E-state index in [0.717, 1.165) is 11.1 Å². The summed E-state index contributed by atoms with van der Waals surface area (Å²) in [5.74, 6) is -0.894. The molecule has 0 aliphatic rings. The first-order valence-corrected chi connectivity index (χ1v) is 5.66. The van der Waals surface area contributed by atoms with Crippen molar-refractivity contribution in [3.8, 4) is 11.1 Å². The maximum Gasteiger partial charge on any atom is 0.335 e. The first-order valence-electron chi connectivity index (χ1n) is 5.66. The highest BCUT2D eigenvalue weighted by Gasteiger charge is 2.02. The topological polar surface area (TPSA) is 37.3 Å². The normalized spacial score (nSPS) is 9.06. The molecule has 2 heteroatoms. The van der Waals surface area contributed by atoms with Gasteiger partial charge in [-0.2, -0.15) is 0 Å². The van der Waals surface area contributed by atoms with Gasteiger partial charge in [-0.1, -0.05) is 56.3 Å². The minimum Gasteiger partial charge on any atom is -0.478 e. The summed E-state index contributed by atoms with van der Waals surface area (Å²) in [6.45, 7) is 4.00. The van der Waals surface area contributed by atoms with Gasteiger partial charge in [0.05, 0.1) is 5.56 Å². The van der Waals surface area contributed by atoms with Crippen molar-refractivity contribution in [1.29, 1.82) is 0 Å². The van der Waals surface area contributed by atoms with E-state index in [2.05, 4.69) is 0 Å². The summed E-state index contributed by atoms with van der Waals surface area (Å²) in [5, 5.41) is 8.75. The van der Waals surface area contributed by atoms with Crippen molar-refractivity contribution < 1.29 is 9.90 Å².